The molecule has 1 fully saturated rings. The van der Waals surface area contributed by atoms with Crippen LogP contribution in [0.3, 0.4) is 0 Å². The van der Waals surface area contributed by atoms with Crippen molar-refractivity contribution in [2.24, 2.45) is 5.73 Å². The molecule has 6 nitrogen and oxygen atoms in total. The van der Waals surface area contributed by atoms with Gasteiger partial charge in [-0.05, 0) is 18.2 Å². The summed E-state index contributed by atoms with van der Waals surface area (Å²) in [7, 11) is 0. The maximum atomic E-state index is 12.5. The minimum absolute atomic E-state index is 0.0516. The SMILES string of the molecule is NCCN1CCN(C(=O)c2ccc3c(c2)OCO3)CC1. The molecular weight excluding hydrogens is 258 g/mol. The summed E-state index contributed by atoms with van der Waals surface area (Å²) < 4.78 is 10.6. The Morgan fingerprint density at radius 1 is 1.15 bits per heavy atom. The first-order valence-corrected chi connectivity index (χ1v) is 6.89. The van der Waals surface area contributed by atoms with Crippen LogP contribution in [-0.4, -0.2) is 61.8 Å². The van der Waals surface area contributed by atoms with Crippen molar-refractivity contribution in [3.8, 4) is 11.5 Å². The maximum absolute atomic E-state index is 12.5. The molecule has 2 aliphatic rings. The third-order valence-electron chi connectivity index (χ3n) is 3.72. The lowest BCUT2D eigenvalue weighted by Crippen LogP contribution is -2.49. The standard InChI is InChI=1S/C14H19N3O3/c15-3-4-16-5-7-17(8-6-16)14(18)11-1-2-12-13(9-11)20-10-19-12/h1-2,9H,3-8,10,15H2. The predicted molar refractivity (Wildman–Crippen MR) is 74.0 cm³/mol. The van der Waals surface area contributed by atoms with E-state index >= 15 is 0 Å². The Hall–Kier alpha value is -1.79. The van der Waals surface area contributed by atoms with Crippen molar-refractivity contribution in [2.45, 2.75) is 0 Å². The van der Waals surface area contributed by atoms with Crippen molar-refractivity contribution in [2.75, 3.05) is 46.1 Å². The van der Waals surface area contributed by atoms with Crippen molar-refractivity contribution < 1.29 is 14.3 Å². The van der Waals surface area contributed by atoms with Gasteiger partial charge in [-0.15, -0.1) is 0 Å². The number of nitrogens with zero attached hydrogens (tertiary/aromatic N) is 2. The van der Waals surface area contributed by atoms with Gasteiger partial charge >= 0.3 is 0 Å². The molecule has 2 aliphatic heterocycles. The van der Waals surface area contributed by atoms with Crippen molar-refractivity contribution in [3.63, 3.8) is 0 Å². The van der Waals surface area contributed by atoms with Gasteiger partial charge in [0.1, 0.15) is 0 Å². The zero-order valence-electron chi connectivity index (χ0n) is 11.4. The second kappa shape index (κ2) is 5.68. The molecule has 0 aliphatic carbocycles. The Morgan fingerprint density at radius 2 is 1.90 bits per heavy atom. The Kier molecular flexibility index (Phi) is 3.75. The van der Waals surface area contributed by atoms with E-state index in [0.717, 1.165) is 32.7 Å². The molecule has 0 unspecified atom stereocenters. The number of fused-ring (bicyclic) bond motifs is 1. The number of nitrogens with two attached hydrogens (primary N) is 1. The molecule has 108 valence electrons. The van der Waals surface area contributed by atoms with Crippen LogP contribution in [0, 0.1) is 0 Å². The molecule has 1 amide bonds. The van der Waals surface area contributed by atoms with Crippen molar-refractivity contribution in [3.05, 3.63) is 23.8 Å². The summed E-state index contributed by atoms with van der Waals surface area (Å²) >= 11 is 0. The van der Waals surface area contributed by atoms with Crippen molar-refractivity contribution >= 4 is 5.91 Å². The fourth-order valence-corrected chi connectivity index (χ4v) is 2.57. The van der Waals surface area contributed by atoms with E-state index in [1.807, 2.05) is 4.90 Å². The smallest absolute Gasteiger partial charge is 0.254 e. The number of rotatable bonds is 3. The average molecular weight is 277 g/mol. The van der Waals surface area contributed by atoms with Gasteiger partial charge < -0.3 is 20.1 Å². The van der Waals surface area contributed by atoms with Crippen LogP contribution in [0.15, 0.2) is 18.2 Å². The van der Waals surface area contributed by atoms with Gasteiger partial charge in [0.15, 0.2) is 11.5 Å². The Labute approximate surface area is 118 Å². The first-order chi connectivity index (χ1) is 9.78. The highest BCUT2D eigenvalue weighted by Gasteiger charge is 2.23. The van der Waals surface area contributed by atoms with E-state index in [0.29, 0.717) is 23.6 Å². The van der Waals surface area contributed by atoms with Gasteiger partial charge in [-0.25, -0.2) is 0 Å². The number of carbonyl (C=O) groups is 1. The molecule has 6 heteroatoms. The van der Waals surface area contributed by atoms with Crippen molar-refractivity contribution in [1.29, 1.82) is 0 Å². The molecule has 1 aromatic rings. The topological polar surface area (TPSA) is 68.0 Å². The summed E-state index contributed by atoms with van der Waals surface area (Å²) in [4.78, 5) is 16.6. The van der Waals surface area contributed by atoms with Gasteiger partial charge in [-0.3, -0.25) is 9.69 Å². The third kappa shape index (κ3) is 2.57. The quantitative estimate of drug-likeness (QED) is 0.850. The van der Waals surface area contributed by atoms with Crippen LogP contribution in [0.5, 0.6) is 11.5 Å². The van der Waals surface area contributed by atoms with Crippen LogP contribution < -0.4 is 15.2 Å². The highest BCUT2D eigenvalue weighted by atomic mass is 16.7. The molecular formula is C14H19N3O3. The summed E-state index contributed by atoms with van der Waals surface area (Å²) in [5.74, 6) is 1.41. The normalized spacial score (nSPS) is 18.4. The van der Waals surface area contributed by atoms with E-state index in [9.17, 15) is 4.79 Å². The van der Waals surface area contributed by atoms with E-state index in [-0.39, 0.29) is 12.7 Å². The van der Waals surface area contributed by atoms with Crippen LogP contribution in [-0.2, 0) is 0 Å². The lowest BCUT2D eigenvalue weighted by atomic mass is 10.1. The molecule has 1 saturated heterocycles. The fourth-order valence-electron chi connectivity index (χ4n) is 2.57. The summed E-state index contributed by atoms with van der Waals surface area (Å²) in [6.07, 6.45) is 0. The van der Waals surface area contributed by atoms with Crippen molar-refractivity contribution in [1.82, 2.24) is 9.80 Å². The first-order valence-electron chi connectivity index (χ1n) is 6.89. The average Bonchev–Trinajstić information content (AvgIpc) is 2.95. The highest BCUT2D eigenvalue weighted by Crippen LogP contribution is 2.32. The minimum Gasteiger partial charge on any atom is -0.454 e. The van der Waals surface area contributed by atoms with Gasteiger partial charge in [-0.2, -0.15) is 0 Å². The monoisotopic (exact) mass is 277 g/mol. The minimum atomic E-state index is 0.0516. The summed E-state index contributed by atoms with van der Waals surface area (Å²) in [6, 6.07) is 5.35. The van der Waals surface area contributed by atoms with Gasteiger partial charge in [0, 0.05) is 44.8 Å². The Balaban J connectivity index is 1.65. The molecule has 2 N–H and O–H groups in total. The molecule has 2 heterocycles. The number of hydrogen-bond donors (Lipinski definition) is 1. The first kappa shape index (κ1) is 13.2. The molecule has 0 saturated carbocycles. The second-order valence-electron chi connectivity index (χ2n) is 4.99. The van der Waals surface area contributed by atoms with Gasteiger partial charge in [0.05, 0.1) is 0 Å². The van der Waals surface area contributed by atoms with Gasteiger partial charge in [-0.1, -0.05) is 0 Å². The lowest BCUT2D eigenvalue weighted by Gasteiger charge is -2.34. The van der Waals surface area contributed by atoms with Crippen LogP contribution >= 0.6 is 0 Å². The van der Waals surface area contributed by atoms with Crippen LogP contribution in [0.1, 0.15) is 10.4 Å². The van der Waals surface area contributed by atoms with Crippen LogP contribution in [0.4, 0.5) is 0 Å². The summed E-state index contributed by atoms with van der Waals surface area (Å²) in [5, 5.41) is 0. The van der Waals surface area contributed by atoms with Crippen LogP contribution in [0.25, 0.3) is 0 Å². The van der Waals surface area contributed by atoms with E-state index in [1.54, 1.807) is 18.2 Å². The number of benzene rings is 1. The number of amides is 1. The van der Waals surface area contributed by atoms with E-state index in [2.05, 4.69) is 4.90 Å². The Bertz CT molecular complexity index is 498. The number of carbonyl (C=O) groups excluding carboxylic acids is 1. The number of ether oxygens (including phenoxy) is 2. The van der Waals surface area contributed by atoms with E-state index in [1.165, 1.54) is 0 Å². The molecule has 0 spiro atoms. The Morgan fingerprint density at radius 3 is 2.65 bits per heavy atom. The molecule has 0 bridgehead atoms. The summed E-state index contributed by atoms with van der Waals surface area (Å²) in [6.45, 7) is 5.04. The molecule has 3 rings (SSSR count). The van der Waals surface area contributed by atoms with Gasteiger partial charge in [0.25, 0.3) is 5.91 Å². The van der Waals surface area contributed by atoms with Gasteiger partial charge in [0.2, 0.25) is 6.79 Å². The zero-order valence-corrected chi connectivity index (χ0v) is 11.4. The fraction of sp³-hybridized carbons (Fsp3) is 0.500. The second-order valence-corrected chi connectivity index (χ2v) is 4.99. The number of hydrogen-bond acceptors (Lipinski definition) is 5. The van der Waals surface area contributed by atoms with E-state index in [4.69, 9.17) is 15.2 Å². The molecule has 20 heavy (non-hydrogen) atoms. The molecule has 0 radical (unpaired) electrons. The molecule has 1 aromatic carbocycles. The number of piperazine rings is 1. The zero-order chi connectivity index (χ0) is 13.9. The predicted octanol–water partition coefficient (Wildman–Crippen LogP) is 0.132. The largest absolute Gasteiger partial charge is 0.454 e. The highest BCUT2D eigenvalue weighted by molar-refractivity contribution is 5.95. The molecule has 0 atom stereocenters. The summed E-state index contributed by atoms with van der Waals surface area (Å²) in [5.41, 5.74) is 6.20. The third-order valence-corrected chi connectivity index (χ3v) is 3.72. The van der Waals surface area contributed by atoms with Crippen LogP contribution in [0.2, 0.25) is 0 Å². The molecule has 0 aromatic heterocycles. The lowest BCUT2D eigenvalue weighted by molar-refractivity contribution is 0.0640. The van der Waals surface area contributed by atoms with E-state index < -0.39 is 0 Å². The maximum Gasteiger partial charge on any atom is 0.254 e.